The maximum absolute atomic E-state index is 12.5. The number of aromatic nitrogens is 2. The molecule has 1 aliphatic heterocycles. The minimum Gasteiger partial charge on any atom is -0.342 e. The zero-order valence-corrected chi connectivity index (χ0v) is 11.9. The van der Waals surface area contributed by atoms with Gasteiger partial charge in [-0.2, -0.15) is 0 Å². The summed E-state index contributed by atoms with van der Waals surface area (Å²) in [6.07, 6.45) is 3.91. The van der Waals surface area contributed by atoms with Crippen molar-refractivity contribution in [3.05, 3.63) is 29.6 Å². The summed E-state index contributed by atoms with van der Waals surface area (Å²) in [5.74, 6) is 1.46. The van der Waals surface area contributed by atoms with Crippen molar-refractivity contribution in [3.63, 3.8) is 0 Å². The summed E-state index contributed by atoms with van der Waals surface area (Å²) in [5, 5.41) is 3.30. The van der Waals surface area contributed by atoms with Crippen LogP contribution in [0.15, 0.2) is 18.2 Å². The maximum Gasteiger partial charge on any atom is 0.166 e. The third-order valence-corrected chi connectivity index (χ3v) is 4.01. The number of aryl methyl sites for hydroxylation is 1. The highest BCUT2D eigenvalue weighted by atomic mass is 16.1. The van der Waals surface area contributed by atoms with Crippen molar-refractivity contribution in [2.24, 2.45) is 5.92 Å². The van der Waals surface area contributed by atoms with Gasteiger partial charge in [0.25, 0.3) is 0 Å². The Morgan fingerprint density at radius 1 is 1.35 bits per heavy atom. The van der Waals surface area contributed by atoms with E-state index in [1.807, 2.05) is 18.2 Å². The molecule has 0 radical (unpaired) electrons. The number of Topliss-reactive ketones (excluding diaryl/α,β-unsaturated/α-hetero) is 1. The van der Waals surface area contributed by atoms with Crippen LogP contribution in [0.25, 0.3) is 11.0 Å². The average molecular weight is 271 g/mol. The van der Waals surface area contributed by atoms with Crippen molar-refractivity contribution >= 4 is 16.8 Å². The highest BCUT2D eigenvalue weighted by Gasteiger charge is 2.22. The fourth-order valence-corrected chi connectivity index (χ4v) is 2.89. The molecule has 2 heterocycles. The number of rotatable bonds is 4. The van der Waals surface area contributed by atoms with Gasteiger partial charge in [-0.25, -0.2) is 4.98 Å². The van der Waals surface area contributed by atoms with Crippen LogP contribution in [0, 0.1) is 5.92 Å². The Labute approximate surface area is 119 Å². The van der Waals surface area contributed by atoms with Gasteiger partial charge in [-0.05, 0) is 50.6 Å². The largest absolute Gasteiger partial charge is 0.342 e. The number of carbonyl (C=O) groups excluding carboxylic acids is 1. The van der Waals surface area contributed by atoms with E-state index in [2.05, 4.69) is 22.2 Å². The summed E-state index contributed by atoms with van der Waals surface area (Å²) in [5.41, 5.74) is 2.75. The minimum absolute atomic E-state index is 0.173. The molecule has 1 aromatic carbocycles. The number of imidazole rings is 1. The first kappa shape index (κ1) is 13.3. The average Bonchev–Trinajstić information content (AvgIpc) is 2.89. The number of hydrogen-bond donors (Lipinski definition) is 2. The number of fused-ring (bicyclic) bond motifs is 1. The molecule has 4 heteroatoms. The number of benzene rings is 1. The van der Waals surface area contributed by atoms with Crippen molar-refractivity contribution in [1.29, 1.82) is 0 Å². The van der Waals surface area contributed by atoms with Crippen LogP contribution in [-0.4, -0.2) is 28.8 Å². The lowest BCUT2D eigenvalue weighted by molar-refractivity contribution is 0.0895. The molecule has 1 saturated heterocycles. The molecule has 106 valence electrons. The number of aromatic amines is 1. The summed E-state index contributed by atoms with van der Waals surface area (Å²) in [6.45, 7) is 4.03. The molecule has 1 aromatic heterocycles. The number of hydrogen-bond acceptors (Lipinski definition) is 3. The van der Waals surface area contributed by atoms with Crippen molar-refractivity contribution in [2.45, 2.75) is 32.6 Å². The molecule has 1 fully saturated rings. The van der Waals surface area contributed by atoms with Crippen LogP contribution in [0.3, 0.4) is 0 Å². The second-order valence-electron chi connectivity index (χ2n) is 5.55. The summed E-state index contributed by atoms with van der Waals surface area (Å²) in [4.78, 5) is 20.4. The molecule has 0 atom stereocenters. The zero-order chi connectivity index (χ0) is 13.9. The van der Waals surface area contributed by atoms with Gasteiger partial charge in [-0.1, -0.05) is 6.92 Å². The molecule has 0 unspecified atom stereocenters. The topological polar surface area (TPSA) is 57.8 Å². The summed E-state index contributed by atoms with van der Waals surface area (Å²) >= 11 is 0. The first-order valence-corrected chi connectivity index (χ1v) is 7.51. The molecule has 4 nitrogen and oxygen atoms in total. The van der Waals surface area contributed by atoms with Gasteiger partial charge < -0.3 is 10.3 Å². The van der Waals surface area contributed by atoms with Crippen LogP contribution in [0.5, 0.6) is 0 Å². The molecule has 1 aliphatic rings. The number of carbonyl (C=O) groups is 1. The van der Waals surface area contributed by atoms with E-state index in [-0.39, 0.29) is 11.7 Å². The minimum atomic E-state index is 0.173. The van der Waals surface area contributed by atoms with Crippen LogP contribution in [-0.2, 0) is 6.42 Å². The predicted octanol–water partition coefficient (Wildman–Crippen LogP) is 2.70. The number of nitrogens with zero attached hydrogens (tertiary/aromatic N) is 1. The van der Waals surface area contributed by atoms with Crippen molar-refractivity contribution in [1.82, 2.24) is 15.3 Å². The van der Waals surface area contributed by atoms with Crippen LogP contribution in [0.4, 0.5) is 0 Å². The quantitative estimate of drug-likeness (QED) is 0.841. The fourth-order valence-electron chi connectivity index (χ4n) is 2.89. The Kier molecular flexibility index (Phi) is 3.83. The van der Waals surface area contributed by atoms with Crippen LogP contribution < -0.4 is 5.32 Å². The molecular weight excluding hydrogens is 250 g/mol. The zero-order valence-electron chi connectivity index (χ0n) is 11.9. The lowest BCUT2D eigenvalue weighted by Crippen LogP contribution is -2.31. The Morgan fingerprint density at radius 2 is 2.15 bits per heavy atom. The maximum atomic E-state index is 12.5. The standard InChI is InChI=1S/C16H21N3O/c1-2-3-15-18-13-5-4-12(10-14(13)19-15)16(20)11-6-8-17-9-7-11/h4-5,10-11,17H,2-3,6-9H2,1H3,(H,18,19). The summed E-state index contributed by atoms with van der Waals surface area (Å²) in [6, 6.07) is 5.84. The number of piperidine rings is 1. The van der Waals surface area contributed by atoms with E-state index in [0.717, 1.165) is 61.2 Å². The molecule has 0 saturated carbocycles. The van der Waals surface area contributed by atoms with Crippen molar-refractivity contribution in [3.8, 4) is 0 Å². The molecule has 3 rings (SSSR count). The first-order valence-electron chi connectivity index (χ1n) is 7.51. The van der Waals surface area contributed by atoms with Crippen LogP contribution >= 0.6 is 0 Å². The molecule has 20 heavy (non-hydrogen) atoms. The third kappa shape index (κ3) is 2.61. The first-order chi connectivity index (χ1) is 9.78. The fraction of sp³-hybridized carbons (Fsp3) is 0.500. The van der Waals surface area contributed by atoms with Crippen molar-refractivity contribution < 1.29 is 4.79 Å². The molecule has 2 N–H and O–H groups in total. The SMILES string of the molecule is CCCc1nc2ccc(C(=O)C3CCNCC3)cc2[nH]1. The van der Waals surface area contributed by atoms with E-state index in [1.165, 1.54) is 0 Å². The molecule has 0 bridgehead atoms. The van der Waals surface area contributed by atoms with E-state index < -0.39 is 0 Å². The molecule has 0 aliphatic carbocycles. The van der Waals surface area contributed by atoms with Gasteiger partial charge in [0.05, 0.1) is 11.0 Å². The smallest absolute Gasteiger partial charge is 0.166 e. The van der Waals surface area contributed by atoms with E-state index in [0.29, 0.717) is 0 Å². The van der Waals surface area contributed by atoms with Gasteiger partial charge >= 0.3 is 0 Å². The highest BCUT2D eigenvalue weighted by Crippen LogP contribution is 2.21. The normalized spacial score (nSPS) is 16.6. The molecule has 0 amide bonds. The Balaban J connectivity index is 1.85. The Hall–Kier alpha value is -1.68. The molecule has 0 spiro atoms. The number of nitrogens with one attached hydrogen (secondary N) is 2. The Bertz CT molecular complexity index is 611. The number of ketones is 1. The van der Waals surface area contributed by atoms with Gasteiger partial charge in [0.15, 0.2) is 5.78 Å². The molecular formula is C16H21N3O. The van der Waals surface area contributed by atoms with Gasteiger partial charge in [-0.15, -0.1) is 0 Å². The summed E-state index contributed by atoms with van der Waals surface area (Å²) in [7, 11) is 0. The van der Waals surface area contributed by atoms with E-state index >= 15 is 0 Å². The third-order valence-electron chi connectivity index (χ3n) is 4.01. The van der Waals surface area contributed by atoms with E-state index in [1.54, 1.807) is 0 Å². The summed E-state index contributed by atoms with van der Waals surface area (Å²) < 4.78 is 0. The monoisotopic (exact) mass is 271 g/mol. The van der Waals surface area contributed by atoms with Crippen molar-refractivity contribution in [2.75, 3.05) is 13.1 Å². The van der Waals surface area contributed by atoms with E-state index in [9.17, 15) is 4.79 Å². The second-order valence-corrected chi connectivity index (χ2v) is 5.55. The Morgan fingerprint density at radius 3 is 2.90 bits per heavy atom. The second kappa shape index (κ2) is 5.75. The number of H-pyrrole nitrogens is 1. The van der Waals surface area contributed by atoms with Gasteiger partial charge in [0.1, 0.15) is 5.82 Å². The van der Waals surface area contributed by atoms with Gasteiger partial charge in [0.2, 0.25) is 0 Å². The van der Waals surface area contributed by atoms with E-state index in [4.69, 9.17) is 0 Å². The molecule has 2 aromatic rings. The van der Waals surface area contributed by atoms with Crippen LogP contribution in [0.1, 0.15) is 42.4 Å². The van der Waals surface area contributed by atoms with Crippen LogP contribution in [0.2, 0.25) is 0 Å². The predicted molar refractivity (Wildman–Crippen MR) is 80.0 cm³/mol. The lowest BCUT2D eigenvalue weighted by Gasteiger charge is -2.21. The highest BCUT2D eigenvalue weighted by molar-refractivity contribution is 6.00. The van der Waals surface area contributed by atoms with Gasteiger partial charge in [0, 0.05) is 17.9 Å². The lowest BCUT2D eigenvalue weighted by atomic mass is 9.89. The van der Waals surface area contributed by atoms with Gasteiger partial charge in [-0.3, -0.25) is 4.79 Å².